The predicted octanol–water partition coefficient (Wildman–Crippen LogP) is 3.62. The maximum absolute atomic E-state index is 12.0. The molecule has 0 spiro atoms. The minimum absolute atomic E-state index is 0.0984. The number of hydrogen-bond acceptors (Lipinski definition) is 1. The molecule has 0 aliphatic rings. The van der Waals surface area contributed by atoms with E-state index in [-0.39, 0.29) is 11.8 Å². The van der Waals surface area contributed by atoms with Gasteiger partial charge in [-0.1, -0.05) is 38.5 Å². The molecule has 0 aliphatic heterocycles. The van der Waals surface area contributed by atoms with E-state index in [1.807, 2.05) is 31.2 Å². The smallest absolute Gasteiger partial charge is 0.227 e. The number of benzene rings is 1. The molecule has 1 rings (SSSR count). The van der Waals surface area contributed by atoms with Crippen LogP contribution in [0.3, 0.4) is 0 Å². The Hall–Kier alpha value is -1.31. The van der Waals surface area contributed by atoms with Gasteiger partial charge in [-0.15, -0.1) is 0 Å². The van der Waals surface area contributed by atoms with Gasteiger partial charge in [0, 0.05) is 11.6 Å². The molecule has 1 amide bonds. The number of carbonyl (C=O) groups is 1. The topological polar surface area (TPSA) is 29.1 Å². The van der Waals surface area contributed by atoms with Crippen LogP contribution in [0.15, 0.2) is 24.3 Å². The minimum atomic E-state index is 0.0984. The molecule has 0 saturated carbocycles. The summed E-state index contributed by atoms with van der Waals surface area (Å²) >= 11 is 0. The summed E-state index contributed by atoms with van der Waals surface area (Å²) < 4.78 is 0. The Morgan fingerprint density at radius 3 is 2.25 bits per heavy atom. The quantitative estimate of drug-likeness (QED) is 0.823. The molecule has 0 bridgehead atoms. The Labute approximate surface area is 98.1 Å². The highest BCUT2D eigenvalue weighted by Gasteiger charge is 2.19. The predicted molar refractivity (Wildman–Crippen MR) is 68.4 cm³/mol. The first kappa shape index (κ1) is 12.8. The van der Waals surface area contributed by atoms with Gasteiger partial charge in [0.15, 0.2) is 0 Å². The number of hydrogen-bond donors (Lipinski definition) is 1. The summed E-state index contributed by atoms with van der Waals surface area (Å²) in [6.07, 6.45) is 0.884. The van der Waals surface area contributed by atoms with Crippen LogP contribution in [0.25, 0.3) is 0 Å². The standard InChI is InChI=1S/C14H21NO/c1-5-13(10(2)3)14(16)15-12-8-6-11(4)7-9-12/h6-10,13H,5H2,1-4H3,(H,15,16). The van der Waals surface area contributed by atoms with E-state index in [9.17, 15) is 4.79 Å². The Bertz CT molecular complexity index is 340. The summed E-state index contributed by atoms with van der Waals surface area (Å²) in [5, 5.41) is 2.96. The fraction of sp³-hybridized carbons (Fsp3) is 0.500. The van der Waals surface area contributed by atoms with E-state index >= 15 is 0 Å². The molecule has 0 aromatic heterocycles. The van der Waals surface area contributed by atoms with Crippen LogP contribution in [0.4, 0.5) is 5.69 Å². The average Bonchev–Trinajstić information content (AvgIpc) is 2.22. The van der Waals surface area contributed by atoms with E-state index in [1.165, 1.54) is 5.56 Å². The molecule has 0 fully saturated rings. The second-order valence-corrected chi connectivity index (χ2v) is 4.61. The van der Waals surface area contributed by atoms with Crippen LogP contribution in [0, 0.1) is 18.8 Å². The SMILES string of the molecule is CCC(C(=O)Nc1ccc(C)cc1)C(C)C. The lowest BCUT2D eigenvalue weighted by Gasteiger charge is -2.18. The highest BCUT2D eigenvalue weighted by molar-refractivity contribution is 5.92. The molecule has 0 heterocycles. The number of rotatable bonds is 4. The molecule has 2 nitrogen and oxygen atoms in total. The van der Waals surface area contributed by atoms with Crippen molar-refractivity contribution in [2.24, 2.45) is 11.8 Å². The van der Waals surface area contributed by atoms with Crippen LogP contribution in [0.2, 0.25) is 0 Å². The highest BCUT2D eigenvalue weighted by atomic mass is 16.1. The third kappa shape index (κ3) is 3.37. The van der Waals surface area contributed by atoms with Crippen molar-refractivity contribution in [3.8, 4) is 0 Å². The van der Waals surface area contributed by atoms with E-state index in [4.69, 9.17) is 0 Å². The Balaban J connectivity index is 2.66. The molecule has 1 aromatic rings. The molecule has 2 heteroatoms. The zero-order valence-electron chi connectivity index (χ0n) is 10.6. The summed E-state index contributed by atoms with van der Waals surface area (Å²) in [4.78, 5) is 12.0. The summed E-state index contributed by atoms with van der Waals surface area (Å²) in [5.41, 5.74) is 2.09. The molecule has 0 saturated heterocycles. The van der Waals surface area contributed by atoms with Crippen molar-refractivity contribution in [2.75, 3.05) is 5.32 Å². The first-order chi connectivity index (χ1) is 7.54. The Morgan fingerprint density at radius 2 is 1.81 bits per heavy atom. The van der Waals surface area contributed by atoms with E-state index in [2.05, 4.69) is 26.1 Å². The molecule has 1 atom stereocenters. The number of nitrogens with one attached hydrogen (secondary N) is 1. The Kier molecular flexibility index (Phi) is 4.53. The Morgan fingerprint density at radius 1 is 1.25 bits per heavy atom. The van der Waals surface area contributed by atoms with Crippen LogP contribution in [0.1, 0.15) is 32.8 Å². The summed E-state index contributed by atoms with van der Waals surface area (Å²) in [5.74, 6) is 0.609. The van der Waals surface area contributed by atoms with Gasteiger partial charge in [-0.05, 0) is 31.4 Å². The van der Waals surface area contributed by atoms with Gasteiger partial charge in [0.05, 0.1) is 0 Å². The molecular weight excluding hydrogens is 198 g/mol. The summed E-state index contributed by atoms with van der Waals surface area (Å²) in [6.45, 7) is 8.26. The largest absolute Gasteiger partial charge is 0.326 e. The van der Waals surface area contributed by atoms with Crippen molar-refractivity contribution in [1.29, 1.82) is 0 Å². The van der Waals surface area contributed by atoms with Crippen molar-refractivity contribution in [3.63, 3.8) is 0 Å². The van der Waals surface area contributed by atoms with Gasteiger partial charge >= 0.3 is 0 Å². The van der Waals surface area contributed by atoms with Crippen LogP contribution in [0.5, 0.6) is 0 Å². The van der Waals surface area contributed by atoms with E-state index < -0.39 is 0 Å². The van der Waals surface area contributed by atoms with Gasteiger partial charge < -0.3 is 5.32 Å². The second-order valence-electron chi connectivity index (χ2n) is 4.61. The number of aryl methyl sites for hydroxylation is 1. The molecule has 16 heavy (non-hydrogen) atoms. The lowest BCUT2D eigenvalue weighted by molar-refractivity contribution is -0.121. The summed E-state index contributed by atoms with van der Waals surface area (Å²) in [6, 6.07) is 7.90. The maximum atomic E-state index is 12.0. The molecule has 1 aromatic carbocycles. The van der Waals surface area contributed by atoms with Crippen LogP contribution < -0.4 is 5.32 Å². The van der Waals surface area contributed by atoms with Gasteiger partial charge in [-0.25, -0.2) is 0 Å². The van der Waals surface area contributed by atoms with Crippen molar-refractivity contribution in [2.45, 2.75) is 34.1 Å². The first-order valence-corrected chi connectivity index (χ1v) is 5.92. The molecule has 1 unspecified atom stereocenters. The van der Waals surface area contributed by atoms with Gasteiger partial charge in [-0.3, -0.25) is 4.79 Å². The normalized spacial score (nSPS) is 12.6. The lowest BCUT2D eigenvalue weighted by Crippen LogP contribution is -2.26. The number of anilines is 1. The van der Waals surface area contributed by atoms with Crippen LogP contribution >= 0.6 is 0 Å². The molecule has 0 radical (unpaired) electrons. The van der Waals surface area contributed by atoms with Crippen molar-refractivity contribution >= 4 is 11.6 Å². The fourth-order valence-electron chi connectivity index (χ4n) is 1.83. The van der Waals surface area contributed by atoms with Crippen molar-refractivity contribution in [1.82, 2.24) is 0 Å². The second kappa shape index (κ2) is 5.69. The third-order valence-corrected chi connectivity index (χ3v) is 2.90. The fourth-order valence-corrected chi connectivity index (χ4v) is 1.83. The molecular formula is C14H21NO. The maximum Gasteiger partial charge on any atom is 0.227 e. The number of carbonyl (C=O) groups excluding carboxylic acids is 1. The van der Waals surface area contributed by atoms with Crippen molar-refractivity contribution < 1.29 is 4.79 Å². The average molecular weight is 219 g/mol. The first-order valence-electron chi connectivity index (χ1n) is 5.92. The van der Waals surface area contributed by atoms with Crippen molar-refractivity contribution in [3.05, 3.63) is 29.8 Å². The van der Waals surface area contributed by atoms with E-state index in [0.717, 1.165) is 12.1 Å². The van der Waals surface area contributed by atoms with Gasteiger partial charge in [0.25, 0.3) is 0 Å². The van der Waals surface area contributed by atoms with Gasteiger partial charge in [0.2, 0.25) is 5.91 Å². The zero-order chi connectivity index (χ0) is 12.1. The van der Waals surface area contributed by atoms with Crippen LogP contribution in [-0.4, -0.2) is 5.91 Å². The number of amides is 1. The van der Waals surface area contributed by atoms with E-state index in [0.29, 0.717) is 5.92 Å². The minimum Gasteiger partial charge on any atom is -0.326 e. The van der Waals surface area contributed by atoms with E-state index in [1.54, 1.807) is 0 Å². The van der Waals surface area contributed by atoms with Gasteiger partial charge in [0.1, 0.15) is 0 Å². The molecule has 88 valence electrons. The van der Waals surface area contributed by atoms with Gasteiger partial charge in [-0.2, -0.15) is 0 Å². The lowest BCUT2D eigenvalue weighted by atomic mass is 9.92. The molecule has 1 N–H and O–H groups in total. The molecule has 0 aliphatic carbocycles. The monoisotopic (exact) mass is 219 g/mol. The van der Waals surface area contributed by atoms with Crippen LogP contribution in [-0.2, 0) is 4.79 Å². The highest BCUT2D eigenvalue weighted by Crippen LogP contribution is 2.18. The third-order valence-electron chi connectivity index (χ3n) is 2.90. The summed E-state index contributed by atoms with van der Waals surface area (Å²) in [7, 11) is 0. The zero-order valence-corrected chi connectivity index (χ0v) is 10.6.